The second-order valence-electron chi connectivity index (χ2n) is 5.54. The van der Waals surface area contributed by atoms with Crippen molar-refractivity contribution in [3.8, 4) is 0 Å². The summed E-state index contributed by atoms with van der Waals surface area (Å²) in [5.74, 6) is 0.0147. The fraction of sp³-hybridized carbons (Fsp3) is 0.167. The Hall–Kier alpha value is -2.60. The van der Waals surface area contributed by atoms with Gasteiger partial charge in [-0.05, 0) is 41.6 Å². The molecule has 0 saturated heterocycles. The van der Waals surface area contributed by atoms with Crippen LogP contribution in [-0.4, -0.2) is 16.9 Å². The van der Waals surface area contributed by atoms with Gasteiger partial charge in [0.2, 0.25) is 5.91 Å². The quantitative estimate of drug-likeness (QED) is 0.834. The van der Waals surface area contributed by atoms with Gasteiger partial charge >= 0.3 is 0 Å². The third-order valence-corrected chi connectivity index (χ3v) is 4.44. The molecule has 0 fully saturated rings. The Kier molecular flexibility index (Phi) is 4.96. The number of carbonyl (C=O) groups is 2. The van der Waals surface area contributed by atoms with E-state index >= 15 is 0 Å². The minimum absolute atomic E-state index is 0.0620. The summed E-state index contributed by atoms with van der Waals surface area (Å²) < 4.78 is 0. The average Bonchev–Trinajstić information content (AvgIpc) is 2.57. The maximum Gasteiger partial charge on any atom is 0.288 e. The first kappa shape index (κ1) is 16.3. The monoisotopic (exact) mass is 339 g/mol. The summed E-state index contributed by atoms with van der Waals surface area (Å²) in [5, 5.41) is 6.85. The maximum atomic E-state index is 12.0. The van der Waals surface area contributed by atoms with Gasteiger partial charge in [0.15, 0.2) is 0 Å². The lowest BCUT2D eigenvalue weighted by atomic mass is 9.94. The van der Waals surface area contributed by atoms with Crippen LogP contribution in [0.2, 0.25) is 0 Å². The van der Waals surface area contributed by atoms with Gasteiger partial charge in [-0.15, -0.1) is 0 Å². The van der Waals surface area contributed by atoms with E-state index in [0.717, 1.165) is 33.6 Å². The van der Waals surface area contributed by atoms with Crippen molar-refractivity contribution in [3.63, 3.8) is 0 Å². The number of hydrogen-bond donors (Lipinski definition) is 2. The van der Waals surface area contributed by atoms with E-state index in [-0.39, 0.29) is 17.1 Å². The van der Waals surface area contributed by atoms with Gasteiger partial charge in [0.25, 0.3) is 5.24 Å². The Morgan fingerprint density at radius 1 is 1.17 bits per heavy atom. The zero-order chi connectivity index (χ0) is 16.9. The first-order valence-corrected chi connectivity index (χ1v) is 8.44. The van der Waals surface area contributed by atoms with Gasteiger partial charge in [0.05, 0.1) is 5.71 Å². The van der Waals surface area contributed by atoms with E-state index in [2.05, 4.69) is 15.8 Å². The van der Waals surface area contributed by atoms with Crippen LogP contribution in [0.5, 0.6) is 0 Å². The van der Waals surface area contributed by atoms with Crippen molar-refractivity contribution in [3.05, 3.63) is 60.2 Å². The molecule has 0 spiro atoms. The third kappa shape index (κ3) is 4.02. The second kappa shape index (κ2) is 7.31. The van der Waals surface area contributed by atoms with Crippen LogP contribution in [0.3, 0.4) is 0 Å². The smallest absolute Gasteiger partial charge is 0.288 e. The van der Waals surface area contributed by atoms with Gasteiger partial charge in [-0.25, -0.2) is 5.43 Å². The summed E-state index contributed by atoms with van der Waals surface area (Å²) >= 11 is 1.15. The van der Waals surface area contributed by atoms with Gasteiger partial charge < -0.3 is 5.32 Å². The van der Waals surface area contributed by atoms with Crippen LogP contribution in [-0.2, 0) is 4.79 Å². The number of benzene rings is 2. The molecule has 1 aliphatic rings. The van der Waals surface area contributed by atoms with E-state index in [0.29, 0.717) is 6.42 Å². The Morgan fingerprint density at radius 3 is 2.54 bits per heavy atom. The molecule has 1 heterocycles. The van der Waals surface area contributed by atoms with Crippen LogP contribution in [0, 0.1) is 5.92 Å². The zero-order valence-corrected chi connectivity index (χ0v) is 14.0. The van der Waals surface area contributed by atoms with Gasteiger partial charge in [0.1, 0.15) is 0 Å². The van der Waals surface area contributed by atoms with Crippen LogP contribution in [0.25, 0.3) is 0 Å². The van der Waals surface area contributed by atoms with E-state index in [9.17, 15) is 9.59 Å². The first-order valence-electron chi connectivity index (χ1n) is 7.62. The Morgan fingerprint density at radius 2 is 1.88 bits per heavy atom. The molecule has 2 aromatic carbocycles. The zero-order valence-electron chi connectivity index (χ0n) is 13.2. The molecule has 122 valence electrons. The van der Waals surface area contributed by atoms with Gasteiger partial charge in [-0.2, -0.15) is 5.10 Å². The van der Waals surface area contributed by atoms with E-state index in [1.807, 2.05) is 61.5 Å². The lowest BCUT2D eigenvalue weighted by Gasteiger charge is -2.19. The van der Waals surface area contributed by atoms with E-state index in [1.54, 1.807) is 0 Å². The summed E-state index contributed by atoms with van der Waals surface area (Å²) in [5.41, 5.74) is 5.03. The number of hydrazone groups is 1. The third-order valence-electron chi connectivity index (χ3n) is 3.64. The normalized spacial score (nSPS) is 17.0. The van der Waals surface area contributed by atoms with Crippen molar-refractivity contribution < 1.29 is 9.59 Å². The number of carbonyl (C=O) groups excluding carboxylic acids is 2. The average molecular weight is 339 g/mol. The number of hydrogen-bond acceptors (Lipinski definition) is 4. The van der Waals surface area contributed by atoms with E-state index in [4.69, 9.17) is 0 Å². The molecule has 2 aromatic rings. The van der Waals surface area contributed by atoms with E-state index < -0.39 is 0 Å². The first-order chi connectivity index (χ1) is 11.6. The van der Waals surface area contributed by atoms with Crippen LogP contribution in [0.1, 0.15) is 18.9 Å². The number of amides is 2. The molecule has 24 heavy (non-hydrogen) atoms. The molecule has 1 unspecified atom stereocenters. The second-order valence-corrected chi connectivity index (χ2v) is 6.59. The van der Waals surface area contributed by atoms with Crippen molar-refractivity contribution in [1.29, 1.82) is 0 Å². The minimum atomic E-state index is -0.135. The summed E-state index contributed by atoms with van der Waals surface area (Å²) in [6.07, 6.45) is 0.436. The minimum Gasteiger partial charge on any atom is -0.317 e. The molecule has 2 amide bonds. The topological polar surface area (TPSA) is 70.6 Å². The summed E-state index contributed by atoms with van der Waals surface area (Å²) in [6, 6.07) is 17.0. The number of nitrogens with one attached hydrogen (secondary N) is 2. The number of nitrogens with zero attached hydrogens (tertiary/aromatic N) is 1. The van der Waals surface area contributed by atoms with Crippen molar-refractivity contribution in [2.45, 2.75) is 18.2 Å². The molecule has 0 bridgehead atoms. The number of anilines is 1. The predicted molar refractivity (Wildman–Crippen MR) is 96.2 cm³/mol. The summed E-state index contributed by atoms with van der Waals surface area (Å²) in [4.78, 5) is 24.2. The molecule has 1 aliphatic heterocycles. The molecule has 0 aliphatic carbocycles. The number of rotatable bonds is 3. The molecular weight excluding hydrogens is 322 g/mol. The molecule has 0 radical (unpaired) electrons. The van der Waals surface area contributed by atoms with Crippen molar-refractivity contribution in [2.75, 3.05) is 5.32 Å². The fourth-order valence-corrected chi connectivity index (χ4v) is 3.14. The van der Waals surface area contributed by atoms with Crippen molar-refractivity contribution >= 4 is 34.3 Å². The molecule has 6 heteroatoms. The van der Waals surface area contributed by atoms with Crippen LogP contribution in [0.15, 0.2) is 64.6 Å². The number of thioether (sulfide) groups is 1. The highest BCUT2D eigenvalue weighted by Crippen LogP contribution is 2.22. The molecule has 1 atom stereocenters. The Balaban J connectivity index is 1.64. The highest BCUT2D eigenvalue weighted by atomic mass is 32.2. The Bertz CT molecular complexity index is 773. The molecule has 0 aromatic heterocycles. The largest absolute Gasteiger partial charge is 0.317 e. The van der Waals surface area contributed by atoms with Crippen molar-refractivity contribution in [1.82, 2.24) is 5.43 Å². The molecule has 3 rings (SSSR count). The van der Waals surface area contributed by atoms with Gasteiger partial charge in [-0.1, -0.05) is 37.3 Å². The maximum absolute atomic E-state index is 12.0. The molecular formula is C18H17N3O2S. The summed E-state index contributed by atoms with van der Waals surface area (Å²) in [6.45, 7) is 1.98. The van der Waals surface area contributed by atoms with E-state index in [1.165, 1.54) is 0 Å². The standard InChI is InChI=1S/C18H17N3O2S/c1-12-11-16(22)20-21-17(12)13-7-9-14(10-8-13)19-18(23)24-15-5-3-2-4-6-15/h2-10,12H,11H2,1H3,(H,19,23)(H,20,22). The molecule has 0 saturated carbocycles. The highest BCUT2D eigenvalue weighted by molar-refractivity contribution is 8.13. The SMILES string of the molecule is CC1CC(=O)NN=C1c1ccc(NC(=O)Sc2ccccc2)cc1. The lowest BCUT2D eigenvalue weighted by Crippen LogP contribution is -2.31. The summed E-state index contributed by atoms with van der Waals surface area (Å²) in [7, 11) is 0. The van der Waals surface area contributed by atoms with Crippen LogP contribution < -0.4 is 10.7 Å². The highest BCUT2D eigenvalue weighted by Gasteiger charge is 2.21. The van der Waals surface area contributed by atoms with Gasteiger partial charge in [-0.3, -0.25) is 9.59 Å². The van der Waals surface area contributed by atoms with Crippen molar-refractivity contribution in [2.24, 2.45) is 11.0 Å². The van der Waals surface area contributed by atoms with Crippen LogP contribution in [0.4, 0.5) is 10.5 Å². The fourth-order valence-electron chi connectivity index (χ4n) is 2.47. The van der Waals surface area contributed by atoms with Crippen LogP contribution >= 0.6 is 11.8 Å². The molecule has 5 nitrogen and oxygen atoms in total. The molecule has 2 N–H and O–H groups in total. The Labute approximate surface area is 144 Å². The predicted octanol–water partition coefficient (Wildman–Crippen LogP) is 3.87. The lowest BCUT2D eigenvalue weighted by molar-refractivity contribution is -0.121. The van der Waals surface area contributed by atoms with Gasteiger partial charge in [0, 0.05) is 22.9 Å².